The molecule has 1 atom stereocenters. The predicted molar refractivity (Wildman–Crippen MR) is 82.1 cm³/mol. The number of alkyl halides is 3. The molecule has 0 saturated heterocycles. The Morgan fingerprint density at radius 3 is 2.64 bits per heavy atom. The Morgan fingerprint density at radius 1 is 1.32 bits per heavy atom. The van der Waals surface area contributed by atoms with E-state index in [-0.39, 0.29) is 12.6 Å². The fourth-order valence-corrected chi connectivity index (χ4v) is 2.69. The summed E-state index contributed by atoms with van der Waals surface area (Å²) in [7, 11) is 0. The van der Waals surface area contributed by atoms with Gasteiger partial charge in [0.25, 0.3) is 0 Å². The highest BCUT2D eigenvalue weighted by molar-refractivity contribution is 5.93. The van der Waals surface area contributed by atoms with Gasteiger partial charge >= 0.3 is 6.18 Å². The number of nitrogens with zero attached hydrogens (tertiary/aromatic N) is 1. The number of aromatic nitrogens is 1. The van der Waals surface area contributed by atoms with E-state index in [0.717, 1.165) is 17.5 Å². The Hall–Kier alpha value is -1.69. The van der Waals surface area contributed by atoms with Gasteiger partial charge in [0, 0.05) is 29.4 Å². The third-order valence-electron chi connectivity index (χ3n) is 3.82. The molecule has 0 aliphatic rings. The van der Waals surface area contributed by atoms with Crippen molar-refractivity contribution in [3.05, 3.63) is 30.0 Å². The maximum Gasteiger partial charge on any atom is 0.406 e. The second-order valence-electron chi connectivity index (χ2n) is 5.49. The van der Waals surface area contributed by atoms with Crippen LogP contribution in [-0.4, -0.2) is 28.5 Å². The van der Waals surface area contributed by atoms with Crippen LogP contribution in [0.15, 0.2) is 24.3 Å². The molecule has 0 saturated carbocycles. The van der Waals surface area contributed by atoms with E-state index in [2.05, 4.69) is 5.32 Å². The Kier molecular flexibility index (Phi) is 5.01. The van der Waals surface area contributed by atoms with Gasteiger partial charge in [0.2, 0.25) is 0 Å². The minimum absolute atomic E-state index is 0.0790. The molecule has 3 nitrogen and oxygen atoms in total. The van der Waals surface area contributed by atoms with Gasteiger partial charge in [-0.25, -0.2) is 0 Å². The SMILES string of the molecule is CCC(CCO)Nc1cccc2c1cc(C)n2CC(F)(F)F. The van der Waals surface area contributed by atoms with Gasteiger partial charge in [-0.1, -0.05) is 13.0 Å². The molecule has 0 fully saturated rings. The average Bonchev–Trinajstić information content (AvgIpc) is 2.74. The van der Waals surface area contributed by atoms with Crippen LogP contribution in [0.2, 0.25) is 0 Å². The molecular weight excluding hydrogens is 293 g/mol. The number of halogens is 3. The van der Waals surface area contributed by atoms with Crippen LogP contribution in [0, 0.1) is 6.92 Å². The topological polar surface area (TPSA) is 37.2 Å². The number of aliphatic hydroxyl groups excluding tert-OH is 1. The van der Waals surface area contributed by atoms with Crippen LogP contribution in [0.1, 0.15) is 25.5 Å². The normalized spacial score (nSPS) is 13.5. The molecule has 0 amide bonds. The van der Waals surface area contributed by atoms with Crippen molar-refractivity contribution in [2.24, 2.45) is 0 Å². The van der Waals surface area contributed by atoms with Gasteiger partial charge < -0.3 is 15.0 Å². The highest BCUT2D eigenvalue weighted by Gasteiger charge is 2.29. The summed E-state index contributed by atoms with van der Waals surface area (Å²) in [6, 6.07) is 7.19. The molecule has 1 unspecified atom stereocenters. The lowest BCUT2D eigenvalue weighted by atomic mass is 10.1. The van der Waals surface area contributed by atoms with Crippen molar-refractivity contribution in [2.75, 3.05) is 11.9 Å². The summed E-state index contributed by atoms with van der Waals surface area (Å²) in [5.74, 6) is 0. The van der Waals surface area contributed by atoms with E-state index in [1.807, 2.05) is 13.0 Å². The van der Waals surface area contributed by atoms with E-state index < -0.39 is 12.7 Å². The van der Waals surface area contributed by atoms with E-state index in [4.69, 9.17) is 5.11 Å². The van der Waals surface area contributed by atoms with Crippen LogP contribution < -0.4 is 5.32 Å². The maximum absolute atomic E-state index is 12.7. The summed E-state index contributed by atoms with van der Waals surface area (Å²) in [5.41, 5.74) is 1.96. The smallest absolute Gasteiger partial charge is 0.396 e. The molecule has 1 aromatic carbocycles. The van der Waals surface area contributed by atoms with Crippen molar-refractivity contribution in [2.45, 2.75) is 45.5 Å². The van der Waals surface area contributed by atoms with Crippen LogP contribution in [-0.2, 0) is 6.54 Å². The zero-order chi connectivity index (χ0) is 16.3. The lowest BCUT2D eigenvalue weighted by molar-refractivity contribution is -0.140. The number of nitrogens with one attached hydrogen (secondary N) is 1. The molecule has 6 heteroatoms. The number of aryl methyl sites for hydroxylation is 1. The van der Waals surface area contributed by atoms with Crippen LogP contribution >= 0.6 is 0 Å². The number of aliphatic hydroxyl groups is 1. The van der Waals surface area contributed by atoms with Crippen LogP contribution in [0.4, 0.5) is 18.9 Å². The van der Waals surface area contributed by atoms with Crippen LogP contribution in [0.25, 0.3) is 10.9 Å². The molecule has 1 heterocycles. The van der Waals surface area contributed by atoms with Crippen molar-refractivity contribution in [1.29, 1.82) is 0 Å². The van der Waals surface area contributed by atoms with Gasteiger partial charge in [0.1, 0.15) is 6.54 Å². The molecule has 1 aromatic heterocycles. The monoisotopic (exact) mass is 314 g/mol. The number of hydrogen-bond acceptors (Lipinski definition) is 2. The lowest BCUT2D eigenvalue weighted by Gasteiger charge is -2.18. The fraction of sp³-hybridized carbons (Fsp3) is 0.500. The molecular formula is C16H21F3N2O. The lowest BCUT2D eigenvalue weighted by Crippen LogP contribution is -2.20. The van der Waals surface area contributed by atoms with E-state index >= 15 is 0 Å². The molecule has 0 radical (unpaired) electrons. The molecule has 2 aromatic rings. The zero-order valence-corrected chi connectivity index (χ0v) is 12.7. The van der Waals surface area contributed by atoms with Gasteiger partial charge in [-0.05, 0) is 38.0 Å². The minimum Gasteiger partial charge on any atom is -0.396 e. The average molecular weight is 314 g/mol. The molecule has 2 N–H and O–H groups in total. The van der Waals surface area contributed by atoms with E-state index in [1.54, 1.807) is 25.1 Å². The molecule has 0 aliphatic heterocycles. The second-order valence-corrected chi connectivity index (χ2v) is 5.49. The summed E-state index contributed by atoms with van der Waals surface area (Å²) in [5, 5.41) is 13.2. The largest absolute Gasteiger partial charge is 0.406 e. The minimum atomic E-state index is -4.25. The number of rotatable bonds is 6. The molecule has 22 heavy (non-hydrogen) atoms. The van der Waals surface area contributed by atoms with Crippen molar-refractivity contribution in [3.8, 4) is 0 Å². The van der Waals surface area contributed by atoms with Gasteiger partial charge in [-0.15, -0.1) is 0 Å². The first-order valence-electron chi connectivity index (χ1n) is 7.38. The number of hydrogen-bond donors (Lipinski definition) is 2. The summed E-state index contributed by atoms with van der Waals surface area (Å²) in [6.07, 6.45) is -2.81. The Balaban J connectivity index is 2.40. The highest BCUT2D eigenvalue weighted by Crippen LogP contribution is 2.30. The first-order chi connectivity index (χ1) is 10.4. The predicted octanol–water partition coefficient (Wildman–Crippen LogP) is 4.08. The van der Waals surface area contributed by atoms with E-state index in [9.17, 15) is 13.2 Å². The van der Waals surface area contributed by atoms with Crippen molar-refractivity contribution in [3.63, 3.8) is 0 Å². The third-order valence-corrected chi connectivity index (χ3v) is 3.82. The van der Waals surface area contributed by atoms with Gasteiger partial charge in [-0.3, -0.25) is 0 Å². The summed E-state index contributed by atoms with van der Waals surface area (Å²) in [6.45, 7) is 2.78. The fourth-order valence-electron chi connectivity index (χ4n) is 2.69. The number of anilines is 1. The van der Waals surface area contributed by atoms with E-state index in [1.165, 1.54) is 4.57 Å². The molecule has 0 aliphatic carbocycles. The van der Waals surface area contributed by atoms with Gasteiger partial charge in [-0.2, -0.15) is 13.2 Å². The molecule has 0 spiro atoms. The number of benzene rings is 1. The van der Waals surface area contributed by atoms with E-state index in [0.29, 0.717) is 17.6 Å². The quantitative estimate of drug-likeness (QED) is 0.843. The molecule has 122 valence electrons. The summed E-state index contributed by atoms with van der Waals surface area (Å²) in [4.78, 5) is 0. The first kappa shape index (κ1) is 16.7. The molecule has 0 bridgehead atoms. The number of fused-ring (bicyclic) bond motifs is 1. The van der Waals surface area contributed by atoms with Crippen LogP contribution in [0.3, 0.4) is 0 Å². The Morgan fingerprint density at radius 2 is 2.05 bits per heavy atom. The van der Waals surface area contributed by atoms with Crippen molar-refractivity contribution < 1.29 is 18.3 Å². The van der Waals surface area contributed by atoms with Crippen LogP contribution in [0.5, 0.6) is 0 Å². The van der Waals surface area contributed by atoms with Gasteiger partial charge in [0.05, 0.1) is 5.52 Å². The maximum atomic E-state index is 12.7. The molecule has 2 rings (SSSR count). The summed E-state index contributed by atoms with van der Waals surface area (Å²) < 4.78 is 39.5. The van der Waals surface area contributed by atoms with Gasteiger partial charge in [0.15, 0.2) is 0 Å². The zero-order valence-electron chi connectivity index (χ0n) is 12.7. The van der Waals surface area contributed by atoms with Crippen molar-refractivity contribution in [1.82, 2.24) is 4.57 Å². The standard InChI is InChI=1S/C16H21F3N2O/c1-3-12(7-8-22)20-14-5-4-6-15-13(14)9-11(2)21(15)10-16(17,18)19/h4-6,9,12,20,22H,3,7-8,10H2,1-2H3. The Labute approximate surface area is 127 Å². The third kappa shape index (κ3) is 3.74. The van der Waals surface area contributed by atoms with Crippen molar-refractivity contribution >= 4 is 16.6 Å². The highest BCUT2D eigenvalue weighted by atomic mass is 19.4. The first-order valence-corrected chi connectivity index (χ1v) is 7.38. The Bertz CT molecular complexity index is 634. The summed E-state index contributed by atoms with van der Waals surface area (Å²) >= 11 is 0. The second kappa shape index (κ2) is 6.60.